The molecule has 0 aliphatic rings. The normalized spacial score (nSPS) is 11.0. The Balaban J connectivity index is 1.65. The standard InChI is InChI=1S/C31H28N2OS/c1-22-19-27(21-35-22)29-23(2)32-30(33(31(29)34)18-17-24-11-5-3-6-12-24)28-16-10-9-15-26(28)20-25-13-7-4-8-14-25/h3-16,19,21H,17-18,20H2,1-2H3. The Morgan fingerprint density at radius 3 is 2.17 bits per heavy atom. The van der Waals surface area contributed by atoms with Crippen LogP contribution in [-0.2, 0) is 19.4 Å². The first-order valence-corrected chi connectivity index (χ1v) is 12.8. The van der Waals surface area contributed by atoms with Gasteiger partial charge in [-0.05, 0) is 60.4 Å². The van der Waals surface area contributed by atoms with Crippen molar-refractivity contribution in [3.63, 3.8) is 0 Å². The summed E-state index contributed by atoms with van der Waals surface area (Å²) in [6.07, 6.45) is 1.55. The van der Waals surface area contributed by atoms with Gasteiger partial charge in [-0.25, -0.2) is 4.98 Å². The Morgan fingerprint density at radius 1 is 0.829 bits per heavy atom. The zero-order valence-corrected chi connectivity index (χ0v) is 20.9. The summed E-state index contributed by atoms with van der Waals surface area (Å²) in [5.74, 6) is 0.741. The third kappa shape index (κ3) is 5.03. The van der Waals surface area contributed by atoms with Crippen LogP contribution in [0.15, 0.2) is 101 Å². The predicted octanol–water partition coefficient (Wildman–Crippen LogP) is 7.09. The maximum absolute atomic E-state index is 14.0. The van der Waals surface area contributed by atoms with E-state index in [1.165, 1.54) is 16.0 Å². The highest BCUT2D eigenvalue weighted by atomic mass is 32.1. The largest absolute Gasteiger partial charge is 0.292 e. The fourth-order valence-corrected chi connectivity index (χ4v) is 5.27. The van der Waals surface area contributed by atoms with Crippen LogP contribution in [0.4, 0.5) is 0 Å². The second kappa shape index (κ2) is 10.2. The van der Waals surface area contributed by atoms with Gasteiger partial charge in [-0.15, -0.1) is 11.3 Å². The summed E-state index contributed by atoms with van der Waals surface area (Å²) >= 11 is 1.66. The summed E-state index contributed by atoms with van der Waals surface area (Å²) in [6.45, 7) is 4.59. The molecule has 0 aliphatic heterocycles. The minimum atomic E-state index is 0.0238. The summed E-state index contributed by atoms with van der Waals surface area (Å²) in [4.78, 5) is 20.3. The Kier molecular flexibility index (Phi) is 6.73. The second-order valence-corrected chi connectivity index (χ2v) is 9.97. The molecule has 3 aromatic carbocycles. The van der Waals surface area contributed by atoms with Crippen molar-refractivity contribution in [2.45, 2.75) is 33.2 Å². The molecule has 174 valence electrons. The van der Waals surface area contributed by atoms with E-state index in [0.717, 1.165) is 41.1 Å². The molecule has 0 saturated carbocycles. The molecular weight excluding hydrogens is 448 g/mol. The van der Waals surface area contributed by atoms with E-state index < -0.39 is 0 Å². The van der Waals surface area contributed by atoms with Gasteiger partial charge in [0, 0.05) is 17.0 Å². The zero-order chi connectivity index (χ0) is 24.2. The molecule has 5 aromatic rings. The van der Waals surface area contributed by atoms with E-state index in [4.69, 9.17) is 4.98 Å². The van der Waals surface area contributed by atoms with Gasteiger partial charge in [0.05, 0.1) is 11.3 Å². The second-order valence-electron chi connectivity index (χ2n) is 8.85. The molecule has 0 bridgehead atoms. The zero-order valence-electron chi connectivity index (χ0n) is 20.1. The molecule has 5 rings (SSSR count). The van der Waals surface area contributed by atoms with Crippen molar-refractivity contribution in [3.05, 3.63) is 134 Å². The molecule has 0 saturated heterocycles. The van der Waals surface area contributed by atoms with Crippen molar-refractivity contribution in [2.24, 2.45) is 0 Å². The number of rotatable bonds is 7. The first-order valence-electron chi connectivity index (χ1n) is 11.9. The lowest BCUT2D eigenvalue weighted by molar-refractivity contribution is 0.662. The first kappa shape index (κ1) is 23.0. The van der Waals surface area contributed by atoms with Crippen LogP contribution in [0.2, 0.25) is 0 Å². The highest BCUT2D eigenvalue weighted by Crippen LogP contribution is 2.29. The van der Waals surface area contributed by atoms with E-state index in [1.54, 1.807) is 11.3 Å². The molecule has 2 heterocycles. The lowest BCUT2D eigenvalue weighted by Gasteiger charge is -2.18. The topological polar surface area (TPSA) is 34.9 Å². The number of thiophene rings is 1. The molecule has 0 N–H and O–H groups in total. The monoisotopic (exact) mass is 476 g/mol. The van der Waals surface area contributed by atoms with Crippen molar-refractivity contribution in [1.82, 2.24) is 9.55 Å². The fraction of sp³-hybridized carbons (Fsp3) is 0.161. The molecule has 2 aromatic heterocycles. The van der Waals surface area contributed by atoms with E-state index in [2.05, 4.69) is 73.0 Å². The van der Waals surface area contributed by atoms with Crippen LogP contribution < -0.4 is 5.56 Å². The molecule has 0 radical (unpaired) electrons. The molecule has 0 atom stereocenters. The van der Waals surface area contributed by atoms with Gasteiger partial charge in [0.15, 0.2) is 0 Å². The maximum Gasteiger partial charge on any atom is 0.261 e. The van der Waals surface area contributed by atoms with Gasteiger partial charge in [-0.3, -0.25) is 9.36 Å². The summed E-state index contributed by atoms with van der Waals surface area (Å²) in [5.41, 5.74) is 7.07. The fourth-order valence-electron chi connectivity index (χ4n) is 4.57. The molecule has 0 fully saturated rings. The van der Waals surface area contributed by atoms with Crippen molar-refractivity contribution in [3.8, 4) is 22.5 Å². The van der Waals surface area contributed by atoms with Crippen molar-refractivity contribution in [1.29, 1.82) is 0 Å². The van der Waals surface area contributed by atoms with Gasteiger partial charge in [-0.2, -0.15) is 0 Å². The van der Waals surface area contributed by atoms with Gasteiger partial charge in [0.1, 0.15) is 5.82 Å². The minimum absolute atomic E-state index is 0.0238. The van der Waals surface area contributed by atoms with Crippen LogP contribution in [0.25, 0.3) is 22.5 Å². The number of aryl methyl sites for hydroxylation is 3. The molecule has 4 heteroatoms. The lowest BCUT2D eigenvalue weighted by Crippen LogP contribution is -2.27. The molecule has 3 nitrogen and oxygen atoms in total. The molecule has 0 spiro atoms. The summed E-state index contributed by atoms with van der Waals surface area (Å²) in [6, 6.07) is 31.2. The number of benzene rings is 3. The van der Waals surface area contributed by atoms with Gasteiger partial charge in [0.2, 0.25) is 0 Å². The summed E-state index contributed by atoms with van der Waals surface area (Å²) < 4.78 is 1.88. The number of hydrogen-bond acceptors (Lipinski definition) is 3. The SMILES string of the molecule is Cc1cc(-c2c(C)nc(-c3ccccc3Cc3ccccc3)n(CCc3ccccc3)c2=O)cs1. The van der Waals surface area contributed by atoms with E-state index in [-0.39, 0.29) is 5.56 Å². The van der Waals surface area contributed by atoms with Crippen molar-refractivity contribution >= 4 is 11.3 Å². The van der Waals surface area contributed by atoms with E-state index in [0.29, 0.717) is 12.1 Å². The maximum atomic E-state index is 14.0. The summed E-state index contributed by atoms with van der Waals surface area (Å²) in [5, 5.41) is 2.06. The van der Waals surface area contributed by atoms with E-state index >= 15 is 0 Å². The average molecular weight is 477 g/mol. The molecule has 0 aliphatic carbocycles. The van der Waals surface area contributed by atoms with Crippen LogP contribution in [0, 0.1) is 13.8 Å². The van der Waals surface area contributed by atoms with Crippen LogP contribution in [-0.4, -0.2) is 9.55 Å². The van der Waals surface area contributed by atoms with E-state index in [9.17, 15) is 4.79 Å². The Morgan fingerprint density at radius 2 is 1.49 bits per heavy atom. The van der Waals surface area contributed by atoms with E-state index in [1.807, 2.05) is 41.8 Å². The average Bonchev–Trinajstić information content (AvgIpc) is 3.30. The quantitative estimate of drug-likeness (QED) is 0.251. The molecule has 0 amide bonds. The highest BCUT2D eigenvalue weighted by molar-refractivity contribution is 7.10. The van der Waals surface area contributed by atoms with Crippen molar-refractivity contribution < 1.29 is 0 Å². The van der Waals surface area contributed by atoms with Crippen LogP contribution in [0.5, 0.6) is 0 Å². The Bertz CT molecular complexity index is 1500. The van der Waals surface area contributed by atoms with Crippen LogP contribution >= 0.6 is 11.3 Å². The molecule has 0 unspecified atom stereocenters. The van der Waals surface area contributed by atoms with Crippen LogP contribution in [0.1, 0.15) is 27.3 Å². The molecular formula is C31H28N2OS. The van der Waals surface area contributed by atoms with Crippen LogP contribution in [0.3, 0.4) is 0 Å². The number of hydrogen-bond donors (Lipinski definition) is 0. The predicted molar refractivity (Wildman–Crippen MR) is 146 cm³/mol. The number of aromatic nitrogens is 2. The van der Waals surface area contributed by atoms with Gasteiger partial charge in [0.25, 0.3) is 5.56 Å². The first-order chi connectivity index (χ1) is 17.1. The Labute approximate surface area is 210 Å². The number of nitrogens with zero attached hydrogens (tertiary/aromatic N) is 2. The van der Waals surface area contributed by atoms with Gasteiger partial charge < -0.3 is 0 Å². The third-order valence-corrected chi connectivity index (χ3v) is 7.19. The highest BCUT2D eigenvalue weighted by Gasteiger charge is 2.19. The van der Waals surface area contributed by atoms with Crippen molar-refractivity contribution in [2.75, 3.05) is 0 Å². The Hall–Kier alpha value is -3.76. The lowest BCUT2D eigenvalue weighted by atomic mass is 9.98. The molecule has 35 heavy (non-hydrogen) atoms. The summed E-state index contributed by atoms with van der Waals surface area (Å²) in [7, 11) is 0. The smallest absolute Gasteiger partial charge is 0.261 e. The van der Waals surface area contributed by atoms with Gasteiger partial charge >= 0.3 is 0 Å². The third-order valence-electron chi connectivity index (χ3n) is 6.33. The van der Waals surface area contributed by atoms with Gasteiger partial charge in [-0.1, -0.05) is 84.9 Å². The minimum Gasteiger partial charge on any atom is -0.292 e.